The third kappa shape index (κ3) is 3.53. The van der Waals surface area contributed by atoms with E-state index in [0.717, 1.165) is 40.5 Å². The minimum atomic E-state index is -0.547. The van der Waals surface area contributed by atoms with Crippen molar-refractivity contribution < 1.29 is 9.59 Å². The fourth-order valence-corrected chi connectivity index (χ4v) is 4.14. The summed E-state index contributed by atoms with van der Waals surface area (Å²) in [5.41, 5.74) is 9.62. The van der Waals surface area contributed by atoms with E-state index in [1.54, 1.807) is 24.3 Å². The Hall–Kier alpha value is -3.06. The SMILES string of the molecule is NC(=O)c1cc(-c2ccc(Cl)c(Cl)c2)cc2c1[nH]c1ccc(C(=O)NC3CNC3)cc12. The van der Waals surface area contributed by atoms with E-state index < -0.39 is 5.91 Å². The van der Waals surface area contributed by atoms with Gasteiger partial charge in [0, 0.05) is 34.9 Å². The Labute approximate surface area is 187 Å². The number of halogens is 2. The first-order valence-corrected chi connectivity index (χ1v) is 10.5. The van der Waals surface area contributed by atoms with E-state index in [-0.39, 0.29) is 11.9 Å². The van der Waals surface area contributed by atoms with E-state index in [1.165, 1.54) is 0 Å². The first-order valence-electron chi connectivity index (χ1n) is 9.77. The zero-order valence-electron chi connectivity index (χ0n) is 16.3. The molecule has 1 fully saturated rings. The van der Waals surface area contributed by atoms with E-state index in [2.05, 4.69) is 15.6 Å². The van der Waals surface area contributed by atoms with Crippen molar-refractivity contribution in [3.05, 3.63) is 69.7 Å². The van der Waals surface area contributed by atoms with Crippen molar-refractivity contribution in [1.82, 2.24) is 15.6 Å². The lowest BCUT2D eigenvalue weighted by molar-refractivity contribution is 0.0923. The lowest BCUT2D eigenvalue weighted by Crippen LogP contribution is -2.56. The van der Waals surface area contributed by atoms with Gasteiger partial charge < -0.3 is 21.4 Å². The normalized spacial score (nSPS) is 14.0. The summed E-state index contributed by atoms with van der Waals surface area (Å²) < 4.78 is 0. The minimum absolute atomic E-state index is 0.126. The molecule has 156 valence electrons. The van der Waals surface area contributed by atoms with Crippen LogP contribution in [0.3, 0.4) is 0 Å². The highest BCUT2D eigenvalue weighted by atomic mass is 35.5. The number of carbonyl (C=O) groups is 2. The average molecular weight is 453 g/mol. The molecule has 8 heteroatoms. The number of hydrogen-bond acceptors (Lipinski definition) is 3. The maximum Gasteiger partial charge on any atom is 0.251 e. The molecule has 0 spiro atoms. The third-order valence-electron chi connectivity index (χ3n) is 5.61. The van der Waals surface area contributed by atoms with Crippen molar-refractivity contribution in [1.29, 1.82) is 0 Å². The summed E-state index contributed by atoms with van der Waals surface area (Å²) >= 11 is 12.2. The van der Waals surface area contributed by atoms with Gasteiger partial charge in [-0.15, -0.1) is 0 Å². The van der Waals surface area contributed by atoms with E-state index in [9.17, 15) is 9.59 Å². The second-order valence-electron chi connectivity index (χ2n) is 7.65. The number of nitrogens with one attached hydrogen (secondary N) is 3. The molecule has 4 aromatic rings. The molecule has 2 heterocycles. The number of fused-ring (bicyclic) bond motifs is 3. The number of aromatic amines is 1. The van der Waals surface area contributed by atoms with Gasteiger partial charge in [0.15, 0.2) is 0 Å². The fourth-order valence-electron chi connectivity index (χ4n) is 3.84. The van der Waals surface area contributed by atoms with Gasteiger partial charge in [-0.25, -0.2) is 0 Å². The molecule has 3 aromatic carbocycles. The molecule has 0 aliphatic carbocycles. The summed E-state index contributed by atoms with van der Waals surface area (Å²) in [6.07, 6.45) is 0. The van der Waals surface area contributed by atoms with Crippen LogP contribution in [0.15, 0.2) is 48.5 Å². The third-order valence-corrected chi connectivity index (χ3v) is 6.34. The Kier molecular flexibility index (Phi) is 4.85. The highest BCUT2D eigenvalue weighted by molar-refractivity contribution is 6.42. The van der Waals surface area contributed by atoms with Gasteiger partial charge in [-0.2, -0.15) is 0 Å². The van der Waals surface area contributed by atoms with Crippen molar-refractivity contribution in [2.75, 3.05) is 13.1 Å². The Bertz CT molecular complexity index is 1380. The number of aromatic nitrogens is 1. The maximum atomic E-state index is 12.6. The number of benzene rings is 3. The molecular weight excluding hydrogens is 435 g/mol. The van der Waals surface area contributed by atoms with Crippen LogP contribution in [0.5, 0.6) is 0 Å². The molecular formula is C23H18Cl2N4O2. The fraction of sp³-hybridized carbons (Fsp3) is 0.130. The van der Waals surface area contributed by atoms with E-state index in [0.29, 0.717) is 26.7 Å². The maximum absolute atomic E-state index is 12.6. The Morgan fingerprint density at radius 2 is 1.74 bits per heavy atom. The predicted octanol–water partition coefficient (Wildman–Crippen LogP) is 4.10. The smallest absolute Gasteiger partial charge is 0.251 e. The highest BCUT2D eigenvalue weighted by Crippen LogP contribution is 2.35. The largest absolute Gasteiger partial charge is 0.366 e. The second-order valence-corrected chi connectivity index (χ2v) is 8.47. The molecule has 0 radical (unpaired) electrons. The van der Waals surface area contributed by atoms with E-state index >= 15 is 0 Å². The predicted molar refractivity (Wildman–Crippen MR) is 124 cm³/mol. The Morgan fingerprint density at radius 3 is 2.42 bits per heavy atom. The Balaban J connectivity index is 1.68. The number of carbonyl (C=O) groups excluding carboxylic acids is 2. The number of nitrogens with two attached hydrogens (primary N) is 1. The lowest BCUT2D eigenvalue weighted by Gasteiger charge is -2.27. The van der Waals surface area contributed by atoms with Crippen LogP contribution < -0.4 is 16.4 Å². The van der Waals surface area contributed by atoms with Crippen LogP contribution in [-0.2, 0) is 0 Å². The van der Waals surface area contributed by atoms with Gasteiger partial charge in [-0.1, -0.05) is 29.3 Å². The van der Waals surface area contributed by atoms with Gasteiger partial charge in [-0.05, 0) is 53.6 Å². The van der Waals surface area contributed by atoms with Crippen LogP contribution >= 0.6 is 23.2 Å². The summed E-state index contributed by atoms with van der Waals surface area (Å²) in [6.45, 7) is 1.55. The lowest BCUT2D eigenvalue weighted by atomic mass is 9.98. The number of amides is 2. The summed E-state index contributed by atoms with van der Waals surface area (Å²) in [4.78, 5) is 28.1. The Morgan fingerprint density at radius 1 is 0.935 bits per heavy atom. The highest BCUT2D eigenvalue weighted by Gasteiger charge is 2.21. The topological polar surface area (TPSA) is 100 Å². The zero-order chi connectivity index (χ0) is 21.7. The average Bonchev–Trinajstić information content (AvgIpc) is 3.09. The molecule has 5 N–H and O–H groups in total. The summed E-state index contributed by atoms with van der Waals surface area (Å²) in [5.74, 6) is -0.674. The van der Waals surface area contributed by atoms with Crippen LogP contribution in [0.4, 0.5) is 0 Å². The first-order chi connectivity index (χ1) is 14.9. The van der Waals surface area contributed by atoms with E-state index in [1.807, 2.05) is 24.3 Å². The van der Waals surface area contributed by atoms with Crippen molar-refractivity contribution >= 4 is 56.8 Å². The molecule has 1 aliphatic heterocycles. The summed E-state index contributed by atoms with van der Waals surface area (Å²) in [6, 6.07) is 14.6. The molecule has 1 aromatic heterocycles. The van der Waals surface area contributed by atoms with Crippen LogP contribution in [0, 0.1) is 0 Å². The molecule has 5 rings (SSSR count). The van der Waals surface area contributed by atoms with Crippen LogP contribution in [0.1, 0.15) is 20.7 Å². The number of H-pyrrole nitrogens is 1. The van der Waals surface area contributed by atoms with Crippen molar-refractivity contribution in [2.45, 2.75) is 6.04 Å². The van der Waals surface area contributed by atoms with E-state index in [4.69, 9.17) is 28.9 Å². The summed E-state index contributed by atoms with van der Waals surface area (Å²) in [7, 11) is 0. The van der Waals surface area contributed by atoms with Crippen LogP contribution in [-0.4, -0.2) is 35.9 Å². The molecule has 0 bridgehead atoms. The second kappa shape index (κ2) is 7.57. The van der Waals surface area contributed by atoms with Crippen LogP contribution in [0.2, 0.25) is 10.0 Å². The van der Waals surface area contributed by atoms with Crippen molar-refractivity contribution in [3.63, 3.8) is 0 Å². The minimum Gasteiger partial charge on any atom is -0.366 e. The molecule has 0 unspecified atom stereocenters. The van der Waals surface area contributed by atoms with Crippen molar-refractivity contribution in [2.24, 2.45) is 5.73 Å². The first kappa shape index (κ1) is 19.9. The molecule has 1 aliphatic rings. The monoisotopic (exact) mass is 452 g/mol. The van der Waals surface area contributed by atoms with Gasteiger partial charge in [0.25, 0.3) is 11.8 Å². The zero-order valence-corrected chi connectivity index (χ0v) is 17.8. The summed E-state index contributed by atoms with van der Waals surface area (Å²) in [5, 5.41) is 8.64. The quantitative estimate of drug-likeness (QED) is 0.375. The van der Waals surface area contributed by atoms with Gasteiger partial charge in [0.2, 0.25) is 0 Å². The molecule has 1 saturated heterocycles. The van der Waals surface area contributed by atoms with Gasteiger partial charge >= 0.3 is 0 Å². The molecule has 0 saturated carbocycles. The standard InChI is InChI=1S/C23H18Cl2N4O2/c24-18-3-1-11(8-19(18)25)13-6-16-15-5-12(23(31)28-14-9-27-10-14)2-4-20(15)29-21(16)17(7-13)22(26)30/h1-8,14,27,29H,9-10H2,(H2,26,30)(H,28,31). The van der Waals surface area contributed by atoms with Gasteiger partial charge in [0.1, 0.15) is 0 Å². The van der Waals surface area contributed by atoms with Gasteiger partial charge in [0.05, 0.1) is 27.2 Å². The molecule has 0 atom stereocenters. The molecule has 2 amide bonds. The molecule has 6 nitrogen and oxygen atoms in total. The van der Waals surface area contributed by atoms with Crippen LogP contribution in [0.25, 0.3) is 32.9 Å². The number of rotatable bonds is 4. The van der Waals surface area contributed by atoms with Gasteiger partial charge in [-0.3, -0.25) is 9.59 Å². The van der Waals surface area contributed by atoms with Crippen molar-refractivity contribution in [3.8, 4) is 11.1 Å². The number of hydrogen-bond donors (Lipinski definition) is 4. The molecule has 31 heavy (non-hydrogen) atoms. The number of primary amides is 1.